The molecule has 2 saturated carbocycles. The minimum Gasteiger partial charge on any atom is -0.349 e. The van der Waals surface area contributed by atoms with Crippen LogP contribution in [0.5, 0.6) is 0 Å². The second kappa shape index (κ2) is 9.03. The summed E-state index contributed by atoms with van der Waals surface area (Å²) in [4.78, 5) is 27.2. The number of hydrogen-bond donors (Lipinski definition) is 1. The molecule has 0 radical (unpaired) electrons. The summed E-state index contributed by atoms with van der Waals surface area (Å²) < 4.78 is 0. The lowest BCUT2D eigenvalue weighted by atomic mass is 9.58. The predicted octanol–water partition coefficient (Wildman–Crippen LogP) is 5.79. The van der Waals surface area contributed by atoms with Crippen molar-refractivity contribution in [1.82, 2.24) is 10.2 Å². The number of allylic oxidation sites excluding steroid dienone is 1. The SMILES string of the molecule is CN1C(=O)C=C[C@@]23/C=C/CC[C@]4(C)[C@@H](NC(=O)/C=C/c5ccccc5Cl)CC[C@H]4[C@H](CC[C@@H]12)C3. The first-order valence-electron chi connectivity index (χ1n) is 12.7. The van der Waals surface area contributed by atoms with Gasteiger partial charge in [0.1, 0.15) is 0 Å². The van der Waals surface area contributed by atoms with Gasteiger partial charge < -0.3 is 10.2 Å². The Labute approximate surface area is 208 Å². The topological polar surface area (TPSA) is 49.4 Å². The molecule has 1 heterocycles. The number of amides is 2. The zero-order valence-corrected chi connectivity index (χ0v) is 20.9. The Morgan fingerprint density at radius 1 is 1.18 bits per heavy atom. The van der Waals surface area contributed by atoms with Crippen molar-refractivity contribution in [3.63, 3.8) is 0 Å². The molecule has 3 aliphatic carbocycles. The number of nitrogens with one attached hydrogen (secondary N) is 1. The fraction of sp³-hybridized carbons (Fsp3) is 0.517. The zero-order chi connectivity index (χ0) is 23.9. The van der Waals surface area contributed by atoms with Gasteiger partial charge in [-0.25, -0.2) is 0 Å². The van der Waals surface area contributed by atoms with E-state index in [1.54, 1.807) is 18.2 Å². The van der Waals surface area contributed by atoms with Gasteiger partial charge in [0.15, 0.2) is 0 Å². The molecule has 0 unspecified atom stereocenters. The van der Waals surface area contributed by atoms with E-state index < -0.39 is 0 Å². The number of carbonyl (C=O) groups is 2. The van der Waals surface area contributed by atoms with E-state index in [4.69, 9.17) is 11.6 Å². The molecular weight excluding hydrogens is 444 g/mol. The van der Waals surface area contributed by atoms with Crippen molar-refractivity contribution in [1.29, 1.82) is 0 Å². The first-order chi connectivity index (χ1) is 16.3. The van der Waals surface area contributed by atoms with Crippen molar-refractivity contribution >= 4 is 29.5 Å². The molecule has 4 aliphatic rings. The standard InChI is InChI=1S/C29H35ClN2O2/c1-28-16-5-6-17-29-18-15-27(34)32(2)25(29)13-9-21(19-29)22(28)11-12-24(28)31-26(33)14-10-20-7-3-4-8-23(20)30/h3-4,6-8,10,14-15,17-18,21-22,24-25H,5,9,11-13,16,19H2,1-2H3,(H,31,33)/b14-10+,17-6+/t21-,22+,24+,25-,28+,29-/m1/s1. The van der Waals surface area contributed by atoms with Gasteiger partial charge >= 0.3 is 0 Å². The van der Waals surface area contributed by atoms with Crippen LogP contribution in [-0.4, -0.2) is 35.8 Å². The molecule has 2 bridgehead atoms. The van der Waals surface area contributed by atoms with Crippen LogP contribution in [0.25, 0.3) is 6.08 Å². The minimum atomic E-state index is -0.0458. The smallest absolute Gasteiger partial charge is 0.246 e. The summed E-state index contributed by atoms with van der Waals surface area (Å²) in [6.07, 6.45) is 19.7. The molecule has 4 nitrogen and oxygen atoms in total. The van der Waals surface area contributed by atoms with E-state index in [-0.39, 0.29) is 34.7 Å². The van der Waals surface area contributed by atoms with Crippen molar-refractivity contribution < 1.29 is 9.59 Å². The highest BCUT2D eigenvalue weighted by atomic mass is 35.5. The third kappa shape index (κ3) is 4.04. The summed E-state index contributed by atoms with van der Waals surface area (Å²) in [5.41, 5.74) is 0.880. The van der Waals surface area contributed by atoms with Crippen LogP contribution in [0.1, 0.15) is 57.4 Å². The average Bonchev–Trinajstić information content (AvgIpc) is 3.15. The van der Waals surface area contributed by atoms with Gasteiger partial charge in [-0.15, -0.1) is 0 Å². The van der Waals surface area contributed by atoms with Crippen molar-refractivity contribution in [2.24, 2.45) is 22.7 Å². The highest BCUT2D eigenvalue weighted by Crippen LogP contribution is 2.58. The van der Waals surface area contributed by atoms with Gasteiger partial charge in [-0.3, -0.25) is 9.59 Å². The molecule has 6 atom stereocenters. The monoisotopic (exact) mass is 478 g/mol. The predicted molar refractivity (Wildman–Crippen MR) is 137 cm³/mol. The maximum absolute atomic E-state index is 12.9. The summed E-state index contributed by atoms with van der Waals surface area (Å²) in [7, 11) is 1.96. The average molecular weight is 479 g/mol. The Hall–Kier alpha value is -2.33. The number of likely N-dealkylation sites (N-methyl/N-ethyl adjacent to an activating group) is 1. The van der Waals surface area contributed by atoms with Crippen molar-refractivity contribution in [2.75, 3.05) is 7.05 Å². The molecule has 34 heavy (non-hydrogen) atoms. The molecule has 2 amide bonds. The summed E-state index contributed by atoms with van der Waals surface area (Å²) in [5.74, 6) is 1.27. The van der Waals surface area contributed by atoms with Crippen molar-refractivity contribution in [3.8, 4) is 0 Å². The minimum absolute atomic E-state index is 0.0438. The molecule has 1 spiro atoms. The lowest BCUT2D eigenvalue weighted by Gasteiger charge is -2.52. The molecule has 1 aliphatic heterocycles. The second-order valence-corrected chi connectivity index (χ2v) is 11.4. The van der Waals surface area contributed by atoms with Gasteiger partial charge in [0.2, 0.25) is 11.8 Å². The van der Waals surface area contributed by atoms with Crippen LogP contribution in [0.15, 0.2) is 54.6 Å². The Balaban J connectivity index is 1.34. The number of nitrogens with zero attached hydrogens (tertiary/aromatic N) is 1. The van der Waals surface area contributed by atoms with Gasteiger partial charge in [0, 0.05) is 41.7 Å². The van der Waals surface area contributed by atoms with Gasteiger partial charge in [0.05, 0.1) is 0 Å². The largest absolute Gasteiger partial charge is 0.349 e. The lowest BCUT2D eigenvalue weighted by Crippen LogP contribution is -2.54. The number of benzene rings is 1. The third-order valence-electron chi connectivity index (χ3n) is 9.29. The van der Waals surface area contributed by atoms with Crippen LogP contribution in [-0.2, 0) is 9.59 Å². The van der Waals surface area contributed by atoms with Gasteiger partial charge in [0.25, 0.3) is 0 Å². The Bertz CT molecular complexity index is 1060. The molecule has 1 aromatic rings. The summed E-state index contributed by atoms with van der Waals surface area (Å²) in [6, 6.07) is 8.00. The molecule has 0 aromatic heterocycles. The van der Waals surface area contributed by atoms with E-state index in [1.165, 1.54) is 0 Å². The molecule has 5 rings (SSSR count). The Morgan fingerprint density at radius 3 is 2.82 bits per heavy atom. The van der Waals surface area contributed by atoms with Crippen molar-refractivity contribution in [3.05, 3.63) is 65.2 Å². The molecule has 5 heteroatoms. The third-order valence-corrected chi connectivity index (χ3v) is 9.63. The maximum atomic E-state index is 12.9. The van der Waals surface area contributed by atoms with Crippen LogP contribution < -0.4 is 5.32 Å². The molecule has 2 fully saturated rings. The van der Waals surface area contributed by atoms with E-state index in [2.05, 4.69) is 30.5 Å². The van der Waals surface area contributed by atoms with E-state index in [0.717, 1.165) is 50.5 Å². The first-order valence-corrected chi connectivity index (χ1v) is 13.1. The molecular formula is C29H35ClN2O2. The van der Waals surface area contributed by atoms with Gasteiger partial charge in [-0.05, 0) is 79.9 Å². The number of hydrogen-bond acceptors (Lipinski definition) is 2. The second-order valence-electron chi connectivity index (χ2n) is 11.0. The molecule has 180 valence electrons. The van der Waals surface area contributed by atoms with Gasteiger partial charge in [-0.1, -0.05) is 55.0 Å². The molecule has 1 N–H and O–H groups in total. The van der Waals surface area contributed by atoms with Crippen LogP contribution in [0.4, 0.5) is 0 Å². The van der Waals surface area contributed by atoms with Crippen LogP contribution in [0.2, 0.25) is 5.02 Å². The van der Waals surface area contributed by atoms with Crippen LogP contribution >= 0.6 is 11.6 Å². The van der Waals surface area contributed by atoms with E-state index >= 15 is 0 Å². The number of fused-ring (bicyclic) bond motifs is 3. The Morgan fingerprint density at radius 2 is 2.00 bits per heavy atom. The van der Waals surface area contributed by atoms with E-state index in [1.807, 2.05) is 36.2 Å². The highest BCUT2D eigenvalue weighted by Gasteiger charge is 2.54. The summed E-state index contributed by atoms with van der Waals surface area (Å²) >= 11 is 6.24. The normalized spacial score (nSPS) is 38.0. The number of rotatable bonds is 3. The first kappa shape index (κ1) is 23.4. The van der Waals surface area contributed by atoms with Crippen LogP contribution in [0.3, 0.4) is 0 Å². The van der Waals surface area contributed by atoms with E-state index in [9.17, 15) is 9.59 Å². The van der Waals surface area contributed by atoms with Gasteiger partial charge in [-0.2, -0.15) is 0 Å². The fourth-order valence-corrected chi connectivity index (χ4v) is 7.67. The quantitative estimate of drug-likeness (QED) is 0.441. The molecule has 1 aromatic carbocycles. The van der Waals surface area contributed by atoms with E-state index in [0.29, 0.717) is 16.9 Å². The summed E-state index contributed by atoms with van der Waals surface area (Å²) in [5, 5.41) is 4.01. The molecule has 0 saturated heterocycles. The lowest BCUT2D eigenvalue weighted by molar-refractivity contribution is -0.131. The van der Waals surface area contributed by atoms with Crippen molar-refractivity contribution in [2.45, 2.75) is 64.0 Å². The zero-order valence-electron chi connectivity index (χ0n) is 20.2. The maximum Gasteiger partial charge on any atom is 0.246 e. The fourth-order valence-electron chi connectivity index (χ4n) is 7.47. The van der Waals surface area contributed by atoms with Crippen LogP contribution in [0, 0.1) is 22.7 Å². The number of halogens is 1. The summed E-state index contributed by atoms with van der Waals surface area (Å²) in [6.45, 7) is 2.40. The number of carbonyl (C=O) groups excluding carboxylic acids is 2. The Kier molecular flexibility index (Phi) is 6.22. The highest BCUT2D eigenvalue weighted by molar-refractivity contribution is 6.32.